The summed E-state index contributed by atoms with van der Waals surface area (Å²) in [7, 11) is 4.58. The molecule has 1 aromatic carbocycles. The zero-order valence-corrected chi connectivity index (χ0v) is 15.9. The number of hydrogen-bond donors (Lipinski definition) is 1. The molecule has 0 aliphatic heterocycles. The summed E-state index contributed by atoms with van der Waals surface area (Å²) in [5.41, 5.74) is 0.814. The smallest absolute Gasteiger partial charge is 0.306 e. The number of aryl methyl sites for hydroxylation is 1. The number of para-hydroxylation sites is 1. The lowest BCUT2D eigenvalue weighted by Gasteiger charge is -2.16. The standard InChI is InChI=1S/C19H26N2O6/c1-21(11-16(22)20-14-8-9-14)17(23)12-27-18(24)10-7-13-5-4-6-15(25-2)19(13)26-3/h4-6,14H,7-12H2,1-3H3,(H,20,22). The Morgan fingerprint density at radius 2 is 1.93 bits per heavy atom. The van der Waals surface area contributed by atoms with E-state index in [0.717, 1.165) is 18.4 Å². The lowest BCUT2D eigenvalue weighted by atomic mass is 10.1. The molecule has 0 heterocycles. The molecule has 0 unspecified atom stereocenters. The van der Waals surface area contributed by atoms with Crippen LogP contribution < -0.4 is 14.8 Å². The SMILES string of the molecule is COc1cccc(CCC(=O)OCC(=O)N(C)CC(=O)NC2CC2)c1OC. The van der Waals surface area contributed by atoms with E-state index in [9.17, 15) is 14.4 Å². The second-order valence-corrected chi connectivity index (χ2v) is 6.40. The third-order valence-corrected chi connectivity index (χ3v) is 4.19. The largest absolute Gasteiger partial charge is 0.493 e. The molecule has 1 N–H and O–H groups in total. The van der Waals surface area contributed by atoms with Crippen LogP contribution in [0.4, 0.5) is 0 Å². The topological polar surface area (TPSA) is 94.2 Å². The monoisotopic (exact) mass is 378 g/mol. The predicted octanol–water partition coefficient (Wildman–Crippen LogP) is 0.917. The van der Waals surface area contributed by atoms with Crippen molar-refractivity contribution in [1.29, 1.82) is 0 Å². The summed E-state index contributed by atoms with van der Waals surface area (Å²) in [6.45, 7) is -0.435. The number of nitrogens with one attached hydrogen (secondary N) is 1. The number of benzene rings is 1. The number of likely N-dealkylation sites (N-methyl/N-ethyl adjacent to an activating group) is 1. The van der Waals surface area contributed by atoms with E-state index in [1.165, 1.54) is 19.1 Å². The number of esters is 1. The molecule has 8 nitrogen and oxygen atoms in total. The fourth-order valence-electron chi connectivity index (χ4n) is 2.52. The molecule has 1 aromatic rings. The van der Waals surface area contributed by atoms with E-state index in [2.05, 4.69) is 5.32 Å². The summed E-state index contributed by atoms with van der Waals surface area (Å²) in [4.78, 5) is 36.8. The molecule has 1 fully saturated rings. The van der Waals surface area contributed by atoms with Gasteiger partial charge in [-0.3, -0.25) is 14.4 Å². The van der Waals surface area contributed by atoms with Gasteiger partial charge in [-0.1, -0.05) is 12.1 Å². The van der Waals surface area contributed by atoms with E-state index in [1.54, 1.807) is 13.2 Å². The second-order valence-electron chi connectivity index (χ2n) is 6.40. The Hall–Kier alpha value is -2.77. The van der Waals surface area contributed by atoms with Gasteiger partial charge in [-0.15, -0.1) is 0 Å². The molecule has 0 spiro atoms. The number of nitrogens with zero attached hydrogens (tertiary/aromatic N) is 1. The van der Waals surface area contributed by atoms with Crippen molar-refractivity contribution in [1.82, 2.24) is 10.2 Å². The normalized spacial score (nSPS) is 12.9. The Balaban J connectivity index is 1.74. The van der Waals surface area contributed by atoms with Gasteiger partial charge in [0.15, 0.2) is 18.1 Å². The summed E-state index contributed by atoms with van der Waals surface area (Å²) in [6.07, 6.45) is 2.47. The van der Waals surface area contributed by atoms with Gasteiger partial charge < -0.3 is 24.4 Å². The number of carbonyl (C=O) groups is 3. The fourth-order valence-corrected chi connectivity index (χ4v) is 2.52. The van der Waals surface area contributed by atoms with Crippen molar-refractivity contribution in [2.45, 2.75) is 31.7 Å². The Labute approximate surface area is 158 Å². The number of methoxy groups -OCH3 is 2. The van der Waals surface area contributed by atoms with Gasteiger partial charge in [0.05, 0.1) is 20.8 Å². The van der Waals surface area contributed by atoms with Gasteiger partial charge in [-0.2, -0.15) is 0 Å². The zero-order valence-electron chi connectivity index (χ0n) is 15.9. The van der Waals surface area contributed by atoms with Crippen molar-refractivity contribution in [3.63, 3.8) is 0 Å². The molecule has 1 aliphatic carbocycles. The Morgan fingerprint density at radius 1 is 1.19 bits per heavy atom. The van der Waals surface area contributed by atoms with Gasteiger partial charge >= 0.3 is 5.97 Å². The molecule has 1 aliphatic rings. The summed E-state index contributed by atoms with van der Waals surface area (Å²) < 4.78 is 15.6. The first-order valence-corrected chi connectivity index (χ1v) is 8.83. The molecule has 0 saturated heterocycles. The number of carbonyl (C=O) groups excluding carboxylic acids is 3. The van der Waals surface area contributed by atoms with E-state index in [1.807, 2.05) is 12.1 Å². The van der Waals surface area contributed by atoms with Crippen molar-refractivity contribution in [2.24, 2.45) is 0 Å². The Morgan fingerprint density at radius 3 is 2.56 bits per heavy atom. The van der Waals surface area contributed by atoms with Crippen LogP contribution in [0.1, 0.15) is 24.8 Å². The minimum absolute atomic E-state index is 0.0477. The van der Waals surface area contributed by atoms with E-state index in [0.29, 0.717) is 17.9 Å². The highest BCUT2D eigenvalue weighted by Crippen LogP contribution is 2.31. The molecule has 27 heavy (non-hydrogen) atoms. The molecule has 0 atom stereocenters. The van der Waals surface area contributed by atoms with Crippen LogP contribution in [0.3, 0.4) is 0 Å². The van der Waals surface area contributed by atoms with Crippen LogP contribution in [0.15, 0.2) is 18.2 Å². The summed E-state index contributed by atoms with van der Waals surface area (Å²) in [5.74, 6) is 0.0389. The molecule has 8 heteroatoms. The van der Waals surface area contributed by atoms with E-state index >= 15 is 0 Å². The van der Waals surface area contributed by atoms with Gasteiger partial charge in [-0.25, -0.2) is 0 Å². The van der Waals surface area contributed by atoms with Crippen molar-refractivity contribution in [3.05, 3.63) is 23.8 Å². The van der Waals surface area contributed by atoms with Crippen LogP contribution >= 0.6 is 0 Å². The lowest BCUT2D eigenvalue weighted by Crippen LogP contribution is -2.40. The summed E-state index contributed by atoms with van der Waals surface area (Å²) in [5, 5.41) is 2.80. The number of hydrogen-bond acceptors (Lipinski definition) is 6. The lowest BCUT2D eigenvalue weighted by molar-refractivity contribution is -0.151. The molecule has 0 radical (unpaired) electrons. The number of ether oxygens (including phenoxy) is 3. The van der Waals surface area contributed by atoms with Crippen LogP contribution in [0, 0.1) is 0 Å². The van der Waals surface area contributed by atoms with Gasteiger partial charge in [0.1, 0.15) is 0 Å². The minimum Gasteiger partial charge on any atom is -0.493 e. The first-order chi connectivity index (χ1) is 12.9. The predicted molar refractivity (Wildman–Crippen MR) is 97.6 cm³/mol. The third-order valence-electron chi connectivity index (χ3n) is 4.19. The second kappa shape index (κ2) is 9.80. The van der Waals surface area contributed by atoms with E-state index < -0.39 is 11.9 Å². The molecule has 148 valence electrons. The van der Waals surface area contributed by atoms with Crippen LogP contribution in [0.5, 0.6) is 11.5 Å². The van der Waals surface area contributed by atoms with Gasteiger partial charge in [0.2, 0.25) is 5.91 Å². The van der Waals surface area contributed by atoms with Gasteiger partial charge in [0.25, 0.3) is 5.91 Å². The van der Waals surface area contributed by atoms with Crippen molar-refractivity contribution < 1.29 is 28.6 Å². The first kappa shape index (κ1) is 20.5. The highest BCUT2D eigenvalue weighted by atomic mass is 16.5. The highest BCUT2D eigenvalue weighted by Gasteiger charge is 2.24. The first-order valence-electron chi connectivity index (χ1n) is 8.83. The minimum atomic E-state index is -0.496. The van der Waals surface area contributed by atoms with Crippen LogP contribution in [0.2, 0.25) is 0 Å². The molecule has 0 aromatic heterocycles. The zero-order chi connectivity index (χ0) is 19.8. The highest BCUT2D eigenvalue weighted by molar-refractivity contribution is 5.86. The van der Waals surface area contributed by atoms with Crippen LogP contribution in [-0.4, -0.2) is 63.1 Å². The van der Waals surface area contributed by atoms with Gasteiger partial charge in [0, 0.05) is 19.5 Å². The van der Waals surface area contributed by atoms with E-state index in [-0.39, 0.29) is 31.5 Å². The molecule has 2 rings (SSSR count). The summed E-state index contributed by atoms with van der Waals surface area (Å²) >= 11 is 0. The molecule has 2 amide bonds. The quantitative estimate of drug-likeness (QED) is 0.609. The van der Waals surface area contributed by atoms with Crippen LogP contribution in [0.25, 0.3) is 0 Å². The van der Waals surface area contributed by atoms with Crippen LogP contribution in [-0.2, 0) is 25.5 Å². The molecule has 1 saturated carbocycles. The molecular weight excluding hydrogens is 352 g/mol. The van der Waals surface area contributed by atoms with E-state index in [4.69, 9.17) is 14.2 Å². The Kier molecular flexibility index (Phi) is 7.45. The van der Waals surface area contributed by atoms with Crippen molar-refractivity contribution in [2.75, 3.05) is 34.4 Å². The Bertz CT molecular complexity index is 687. The maximum Gasteiger partial charge on any atom is 0.306 e. The van der Waals surface area contributed by atoms with Crippen molar-refractivity contribution in [3.8, 4) is 11.5 Å². The average Bonchev–Trinajstić information content (AvgIpc) is 3.47. The molecular formula is C19H26N2O6. The maximum absolute atomic E-state index is 12.0. The average molecular weight is 378 g/mol. The number of rotatable bonds is 10. The third kappa shape index (κ3) is 6.47. The summed E-state index contributed by atoms with van der Waals surface area (Å²) in [6, 6.07) is 5.67. The maximum atomic E-state index is 12.0. The van der Waals surface area contributed by atoms with Crippen molar-refractivity contribution >= 4 is 17.8 Å². The van der Waals surface area contributed by atoms with Gasteiger partial charge in [-0.05, 0) is 30.9 Å². The molecule has 0 bridgehead atoms. The fraction of sp³-hybridized carbons (Fsp3) is 0.526. The number of amides is 2.